The third kappa shape index (κ3) is 4.55. The van der Waals surface area contributed by atoms with Crippen LogP contribution in [0.3, 0.4) is 0 Å². The van der Waals surface area contributed by atoms with Gasteiger partial charge in [-0.2, -0.15) is 5.26 Å². The average molecular weight is 648 g/mol. The van der Waals surface area contributed by atoms with E-state index in [1.165, 1.54) is 38.2 Å². The molecule has 0 bridgehead atoms. The third-order valence-corrected chi connectivity index (χ3v) is 10.2. The lowest BCUT2D eigenvalue weighted by molar-refractivity contribution is 1.18. The van der Waals surface area contributed by atoms with Crippen LogP contribution < -0.4 is 0 Å². The van der Waals surface area contributed by atoms with Crippen molar-refractivity contribution in [1.29, 1.82) is 5.26 Å². The zero-order valence-electron chi connectivity index (χ0n) is 27.6. The van der Waals surface area contributed by atoms with Gasteiger partial charge in [0.15, 0.2) is 0 Å². The molecule has 236 valence electrons. The Kier molecular flexibility index (Phi) is 6.56. The molecule has 0 saturated carbocycles. The summed E-state index contributed by atoms with van der Waals surface area (Å²) in [6, 6.07) is 62.6. The normalized spacial score (nSPS) is 11.5. The zero-order chi connectivity index (χ0) is 33.9. The molecule has 0 fully saturated rings. The van der Waals surface area contributed by atoms with Crippen molar-refractivity contribution in [2.45, 2.75) is 0 Å². The summed E-state index contributed by atoms with van der Waals surface area (Å²) in [6.07, 6.45) is 1.88. The van der Waals surface area contributed by atoms with Gasteiger partial charge in [0.2, 0.25) is 0 Å². The number of fused-ring (bicyclic) bond motifs is 6. The Morgan fingerprint density at radius 2 is 1.10 bits per heavy atom. The second kappa shape index (κ2) is 11.6. The van der Waals surface area contributed by atoms with Crippen LogP contribution >= 0.6 is 0 Å². The number of aromatic nitrogens is 2. The number of pyridine rings is 1. The first kappa shape index (κ1) is 28.9. The first-order valence-electron chi connectivity index (χ1n) is 17.2. The van der Waals surface area contributed by atoms with Gasteiger partial charge in [0.25, 0.3) is 0 Å². The molecule has 8 aromatic carbocycles. The molecule has 51 heavy (non-hydrogen) atoms. The Balaban J connectivity index is 1.31. The van der Waals surface area contributed by atoms with Gasteiger partial charge in [0.1, 0.15) is 0 Å². The highest BCUT2D eigenvalue weighted by Crippen LogP contribution is 2.46. The van der Waals surface area contributed by atoms with Gasteiger partial charge in [-0.3, -0.25) is 4.98 Å². The molecule has 3 heteroatoms. The SMILES string of the molecule is N#Cc1ccc2c(c1)c1cc(-c3c4ccccc4c(-c4ccccn4)c4cc(-c5cccc6ccccc56)ccc34)ccc1n2-c1ccccc1. The van der Waals surface area contributed by atoms with Crippen LogP contribution in [0.15, 0.2) is 176 Å². The molecule has 0 saturated heterocycles. The lowest BCUT2D eigenvalue weighted by atomic mass is 9.85. The van der Waals surface area contributed by atoms with Crippen LogP contribution in [0.5, 0.6) is 0 Å². The molecular weight excluding hydrogens is 619 g/mol. The van der Waals surface area contributed by atoms with E-state index < -0.39 is 0 Å². The summed E-state index contributed by atoms with van der Waals surface area (Å²) >= 11 is 0. The van der Waals surface area contributed by atoms with E-state index in [0.29, 0.717) is 5.56 Å². The van der Waals surface area contributed by atoms with Crippen molar-refractivity contribution in [3.05, 3.63) is 182 Å². The van der Waals surface area contributed by atoms with Crippen LogP contribution in [0.1, 0.15) is 5.56 Å². The Hall–Kier alpha value is -7.02. The predicted octanol–water partition coefficient (Wildman–Crippen LogP) is 12.5. The van der Waals surface area contributed by atoms with Gasteiger partial charge < -0.3 is 4.57 Å². The maximum atomic E-state index is 9.88. The molecule has 0 unspecified atom stereocenters. The quantitative estimate of drug-likeness (QED) is 0.178. The summed E-state index contributed by atoms with van der Waals surface area (Å²) in [5.41, 5.74) is 10.7. The Morgan fingerprint density at radius 3 is 1.90 bits per heavy atom. The van der Waals surface area contributed by atoms with E-state index >= 15 is 0 Å². The summed E-state index contributed by atoms with van der Waals surface area (Å²) in [5, 5.41) is 19.2. The van der Waals surface area contributed by atoms with E-state index in [1.807, 2.05) is 30.5 Å². The molecule has 0 aliphatic carbocycles. The van der Waals surface area contributed by atoms with E-state index in [-0.39, 0.29) is 0 Å². The summed E-state index contributed by atoms with van der Waals surface area (Å²) in [5.74, 6) is 0. The Labute approximate surface area is 294 Å². The van der Waals surface area contributed by atoms with E-state index in [9.17, 15) is 5.26 Å². The van der Waals surface area contributed by atoms with Crippen LogP contribution in [0.4, 0.5) is 0 Å². The second-order valence-electron chi connectivity index (χ2n) is 13.0. The summed E-state index contributed by atoms with van der Waals surface area (Å²) in [6.45, 7) is 0. The largest absolute Gasteiger partial charge is 0.309 e. The number of nitriles is 1. The van der Waals surface area contributed by atoms with Crippen molar-refractivity contribution >= 4 is 54.1 Å². The molecule has 0 aliphatic rings. The van der Waals surface area contributed by atoms with Crippen molar-refractivity contribution in [2.24, 2.45) is 0 Å². The molecule has 0 N–H and O–H groups in total. The monoisotopic (exact) mass is 647 g/mol. The van der Waals surface area contributed by atoms with Crippen molar-refractivity contribution in [2.75, 3.05) is 0 Å². The van der Waals surface area contributed by atoms with Gasteiger partial charge in [-0.1, -0.05) is 109 Å². The highest BCUT2D eigenvalue weighted by atomic mass is 15.0. The highest BCUT2D eigenvalue weighted by Gasteiger charge is 2.20. The molecule has 0 aliphatic heterocycles. The molecule has 0 radical (unpaired) electrons. The van der Waals surface area contributed by atoms with Gasteiger partial charge in [0, 0.05) is 28.2 Å². The van der Waals surface area contributed by atoms with Gasteiger partial charge in [-0.15, -0.1) is 0 Å². The predicted molar refractivity (Wildman–Crippen MR) is 212 cm³/mol. The molecule has 3 nitrogen and oxygen atoms in total. The maximum Gasteiger partial charge on any atom is 0.0991 e. The van der Waals surface area contributed by atoms with Crippen molar-refractivity contribution in [1.82, 2.24) is 9.55 Å². The number of rotatable bonds is 4. The number of para-hydroxylation sites is 1. The fourth-order valence-corrected chi connectivity index (χ4v) is 8.02. The first-order valence-corrected chi connectivity index (χ1v) is 17.2. The lowest BCUT2D eigenvalue weighted by Crippen LogP contribution is -1.94. The minimum atomic E-state index is 0.650. The van der Waals surface area contributed by atoms with E-state index in [0.717, 1.165) is 55.1 Å². The Bertz CT molecular complexity index is 3020. The van der Waals surface area contributed by atoms with Gasteiger partial charge in [0.05, 0.1) is 28.4 Å². The summed E-state index contributed by atoms with van der Waals surface area (Å²) in [4.78, 5) is 4.90. The average Bonchev–Trinajstić information content (AvgIpc) is 3.53. The summed E-state index contributed by atoms with van der Waals surface area (Å²) < 4.78 is 2.30. The topological polar surface area (TPSA) is 41.6 Å². The number of benzene rings is 8. The molecule has 0 amide bonds. The van der Waals surface area contributed by atoms with E-state index in [4.69, 9.17) is 4.98 Å². The Morgan fingerprint density at radius 1 is 0.451 bits per heavy atom. The molecule has 10 rings (SSSR count). The van der Waals surface area contributed by atoms with Crippen LogP contribution in [-0.4, -0.2) is 9.55 Å². The van der Waals surface area contributed by atoms with Gasteiger partial charge in [-0.25, -0.2) is 0 Å². The van der Waals surface area contributed by atoms with Crippen molar-refractivity contribution in [3.8, 4) is 45.3 Å². The smallest absolute Gasteiger partial charge is 0.0991 e. The van der Waals surface area contributed by atoms with E-state index in [1.54, 1.807) is 0 Å². The van der Waals surface area contributed by atoms with E-state index in [2.05, 4.69) is 156 Å². The number of nitrogens with zero attached hydrogens (tertiary/aromatic N) is 3. The maximum absolute atomic E-state index is 9.88. The lowest BCUT2D eigenvalue weighted by Gasteiger charge is -2.19. The van der Waals surface area contributed by atoms with Crippen LogP contribution in [0.25, 0.3) is 93.3 Å². The van der Waals surface area contributed by atoms with Crippen LogP contribution in [0.2, 0.25) is 0 Å². The fraction of sp³-hybridized carbons (Fsp3) is 0. The van der Waals surface area contributed by atoms with Crippen molar-refractivity contribution in [3.63, 3.8) is 0 Å². The van der Waals surface area contributed by atoms with Gasteiger partial charge in [-0.05, 0) is 115 Å². The third-order valence-electron chi connectivity index (χ3n) is 10.2. The fourth-order valence-electron chi connectivity index (χ4n) is 8.02. The van der Waals surface area contributed by atoms with Crippen LogP contribution in [0, 0.1) is 11.3 Å². The molecule has 2 heterocycles. The number of hydrogen-bond acceptors (Lipinski definition) is 2. The molecule has 10 aromatic rings. The van der Waals surface area contributed by atoms with Gasteiger partial charge >= 0.3 is 0 Å². The molecule has 2 aromatic heterocycles. The zero-order valence-corrected chi connectivity index (χ0v) is 27.6. The van der Waals surface area contributed by atoms with Crippen molar-refractivity contribution < 1.29 is 0 Å². The number of hydrogen-bond donors (Lipinski definition) is 0. The minimum absolute atomic E-state index is 0.650. The first-order chi connectivity index (χ1) is 25.3. The molecule has 0 spiro atoms. The second-order valence-corrected chi connectivity index (χ2v) is 13.0. The highest BCUT2D eigenvalue weighted by molar-refractivity contribution is 6.23. The molecular formula is C48H29N3. The minimum Gasteiger partial charge on any atom is -0.309 e. The summed E-state index contributed by atoms with van der Waals surface area (Å²) in [7, 11) is 0. The van der Waals surface area contributed by atoms with Crippen LogP contribution in [-0.2, 0) is 0 Å². The standard InChI is InChI=1S/C48H29N3/c49-30-31-20-24-45-41(27-31)42-29-34(22-25-46(42)51(45)35-13-2-1-3-14-35)47-38-16-6-7-17-39(38)48(44-19-8-9-26-50-44)43-28-33(21-23-40(43)47)37-18-10-12-32-11-4-5-15-36(32)37/h1-29H. The molecule has 0 atom stereocenters.